The Morgan fingerprint density at radius 2 is 2.50 bits per heavy atom. The molecule has 0 aromatic heterocycles. The summed E-state index contributed by atoms with van der Waals surface area (Å²) in [4.78, 5) is 10.5. The monoisotopic (exact) mass is 133 g/mol. The Morgan fingerprint density at radius 3 is 2.62 bits per heavy atom. The Balaban J connectivity index is 2.51. The van der Waals surface area contributed by atoms with Crippen LogP contribution in [0.15, 0.2) is 0 Å². The lowest BCUT2D eigenvalue weighted by Gasteiger charge is -1.94. The van der Waals surface area contributed by atoms with Crippen LogP contribution in [0.4, 0.5) is 0 Å². The molecule has 46 valence electrons. The first kappa shape index (κ1) is 5.91. The first-order valence-electron chi connectivity index (χ1n) is 2.34. The number of hydrogen-bond acceptors (Lipinski definition) is 3. The third-order valence-corrected chi connectivity index (χ3v) is 1.97. The number of amides is 1. The Labute approximate surface area is 51.5 Å². The average molecular weight is 133 g/mol. The summed E-state index contributed by atoms with van der Waals surface area (Å²) in [6.45, 7) is 1.76. The molecule has 2 atom stereocenters. The zero-order chi connectivity index (χ0) is 6.15. The number of carbonyl (C=O) groups excluding carboxylic acids is 1. The second kappa shape index (κ2) is 1.95. The summed E-state index contributed by atoms with van der Waals surface area (Å²) in [6.07, 6.45) is 0. The summed E-state index contributed by atoms with van der Waals surface area (Å²) in [5.41, 5.74) is -0.683. The molecule has 0 aromatic rings. The Bertz CT molecular complexity index is 117. The molecule has 0 saturated carbocycles. The van der Waals surface area contributed by atoms with Crippen LogP contribution in [0.3, 0.4) is 0 Å². The standard InChI is InChI=1S/C4H7NO2S/c1-2-3(6)5-4(7)8-2/h2,4,7H,1H3,(H,5,6). The van der Waals surface area contributed by atoms with Crippen molar-refractivity contribution in [1.29, 1.82) is 0 Å². The van der Waals surface area contributed by atoms with Crippen LogP contribution in [0.2, 0.25) is 0 Å². The van der Waals surface area contributed by atoms with Gasteiger partial charge in [-0.05, 0) is 6.92 Å². The average Bonchev–Trinajstić information content (AvgIpc) is 1.85. The molecule has 1 fully saturated rings. The summed E-state index contributed by atoms with van der Waals surface area (Å²) >= 11 is 1.22. The number of hydrogen-bond donors (Lipinski definition) is 2. The SMILES string of the molecule is CC1SC(O)NC1=O. The van der Waals surface area contributed by atoms with Gasteiger partial charge in [0.15, 0.2) is 5.56 Å². The Hall–Kier alpha value is -0.220. The maximum atomic E-state index is 10.5. The second-order valence-electron chi connectivity index (χ2n) is 1.64. The lowest BCUT2D eigenvalue weighted by Crippen LogP contribution is -2.25. The van der Waals surface area contributed by atoms with Crippen LogP contribution >= 0.6 is 11.8 Å². The molecule has 2 unspecified atom stereocenters. The summed E-state index contributed by atoms with van der Waals surface area (Å²) < 4.78 is 0. The van der Waals surface area contributed by atoms with E-state index in [4.69, 9.17) is 5.11 Å². The predicted octanol–water partition coefficient (Wildman–Crippen LogP) is -0.486. The van der Waals surface area contributed by atoms with Crippen LogP contribution < -0.4 is 5.32 Å². The zero-order valence-electron chi connectivity index (χ0n) is 4.42. The van der Waals surface area contributed by atoms with Crippen molar-refractivity contribution in [3.8, 4) is 0 Å². The molecule has 0 bridgehead atoms. The van der Waals surface area contributed by atoms with Crippen molar-refractivity contribution in [2.75, 3.05) is 0 Å². The van der Waals surface area contributed by atoms with E-state index >= 15 is 0 Å². The van der Waals surface area contributed by atoms with E-state index < -0.39 is 5.56 Å². The fourth-order valence-corrected chi connectivity index (χ4v) is 1.29. The van der Waals surface area contributed by atoms with Crippen molar-refractivity contribution in [3.63, 3.8) is 0 Å². The van der Waals surface area contributed by atoms with Gasteiger partial charge in [-0.2, -0.15) is 0 Å². The maximum Gasteiger partial charge on any atom is 0.235 e. The topological polar surface area (TPSA) is 49.3 Å². The summed E-state index contributed by atoms with van der Waals surface area (Å²) in [7, 11) is 0. The molecule has 0 aromatic carbocycles. The molecule has 1 aliphatic rings. The van der Waals surface area contributed by atoms with Crippen LogP contribution in [0, 0.1) is 0 Å². The van der Waals surface area contributed by atoms with Gasteiger partial charge >= 0.3 is 0 Å². The van der Waals surface area contributed by atoms with Gasteiger partial charge in [0.05, 0.1) is 5.25 Å². The zero-order valence-corrected chi connectivity index (χ0v) is 5.23. The summed E-state index contributed by atoms with van der Waals surface area (Å²) in [5, 5.41) is 11.0. The molecule has 4 heteroatoms. The fourth-order valence-electron chi connectivity index (χ4n) is 0.528. The van der Waals surface area contributed by atoms with E-state index in [9.17, 15) is 4.79 Å². The van der Waals surface area contributed by atoms with Crippen LogP contribution in [0.5, 0.6) is 0 Å². The van der Waals surface area contributed by atoms with Gasteiger partial charge in [0.2, 0.25) is 5.91 Å². The highest BCUT2D eigenvalue weighted by atomic mass is 32.2. The van der Waals surface area contributed by atoms with Gasteiger partial charge in [-0.25, -0.2) is 0 Å². The number of nitrogens with one attached hydrogen (secondary N) is 1. The van der Waals surface area contributed by atoms with Crippen molar-refractivity contribution in [3.05, 3.63) is 0 Å². The highest BCUT2D eigenvalue weighted by molar-refractivity contribution is 8.01. The van der Waals surface area contributed by atoms with Crippen molar-refractivity contribution >= 4 is 17.7 Å². The minimum atomic E-state index is -0.683. The van der Waals surface area contributed by atoms with Gasteiger partial charge in [-0.1, -0.05) is 11.8 Å². The second-order valence-corrected chi connectivity index (χ2v) is 3.07. The lowest BCUT2D eigenvalue weighted by atomic mass is 10.4. The van der Waals surface area contributed by atoms with E-state index in [1.165, 1.54) is 11.8 Å². The smallest absolute Gasteiger partial charge is 0.235 e. The maximum absolute atomic E-state index is 10.5. The van der Waals surface area contributed by atoms with Crippen LogP contribution in [-0.4, -0.2) is 21.8 Å². The minimum absolute atomic E-state index is 0.0810. The van der Waals surface area contributed by atoms with Crippen molar-refractivity contribution in [2.45, 2.75) is 17.7 Å². The highest BCUT2D eigenvalue weighted by Crippen LogP contribution is 2.19. The normalized spacial score (nSPS) is 37.5. The molecular weight excluding hydrogens is 126 g/mol. The molecule has 1 aliphatic heterocycles. The Kier molecular flexibility index (Phi) is 1.44. The highest BCUT2D eigenvalue weighted by Gasteiger charge is 2.26. The van der Waals surface area contributed by atoms with E-state index in [1.54, 1.807) is 6.92 Å². The van der Waals surface area contributed by atoms with Gasteiger partial charge in [-0.15, -0.1) is 0 Å². The van der Waals surface area contributed by atoms with Crippen LogP contribution in [-0.2, 0) is 4.79 Å². The van der Waals surface area contributed by atoms with E-state index in [2.05, 4.69) is 5.32 Å². The number of thioether (sulfide) groups is 1. The summed E-state index contributed by atoms with van der Waals surface area (Å²) in [6, 6.07) is 0. The lowest BCUT2D eigenvalue weighted by molar-refractivity contribution is -0.120. The van der Waals surface area contributed by atoms with Gasteiger partial charge in [-0.3, -0.25) is 4.79 Å². The minimum Gasteiger partial charge on any atom is -0.365 e. The third kappa shape index (κ3) is 0.952. The molecule has 1 amide bonds. The molecule has 3 nitrogen and oxygen atoms in total. The van der Waals surface area contributed by atoms with Crippen molar-refractivity contribution < 1.29 is 9.90 Å². The van der Waals surface area contributed by atoms with Crippen molar-refractivity contribution in [2.24, 2.45) is 0 Å². The molecule has 0 radical (unpaired) electrons. The molecule has 2 N–H and O–H groups in total. The molecule has 0 spiro atoms. The number of aliphatic hydroxyl groups excluding tert-OH is 1. The van der Waals surface area contributed by atoms with Crippen LogP contribution in [0.25, 0.3) is 0 Å². The Morgan fingerprint density at radius 1 is 1.88 bits per heavy atom. The van der Waals surface area contributed by atoms with Crippen molar-refractivity contribution in [1.82, 2.24) is 5.32 Å². The van der Waals surface area contributed by atoms with E-state index in [-0.39, 0.29) is 11.2 Å². The van der Waals surface area contributed by atoms with Gasteiger partial charge in [0, 0.05) is 0 Å². The molecular formula is C4H7NO2S. The predicted molar refractivity (Wildman–Crippen MR) is 31.2 cm³/mol. The number of aliphatic hydroxyl groups is 1. The third-order valence-electron chi connectivity index (χ3n) is 0.968. The van der Waals surface area contributed by atoms with Crippen LogP contribution in [0.1, 0.15) is 6.92 Å². The number of rotatable bonds is 0. The molecule has 8 heavy (non-hydrogen) atoms. The fraction of sp³-hybridized carbons (Fsp3) is 0.750. The molecule has 1 rings (SSSR count). The van der Waals surface area contributed by atoms with Gasteiger partial charge in [0.1, 0.15) is 0 Å². The largest absolute Gasteiger partial charge is 0.365 e. The summed E-state index contributed by atoms with van der Waals surface area (Å²) in [5.74, 6) is -0.0810. The first-order chi connectivity index (χ1) is 3.70. The first-order valence-corrected chi connectivity index (χ1v) is 3.28. The van der Waals surface area contributed by atoms with Gasteiger partial charge in [0.25, 0.3) is 0 Å². The number of carbonyl (C=O) groups is 1. The quantitative estimate of drug-likeness (QED) is 0.469. The van der Waals surface area contributed by atoms with Gasteiger partial charge < -0.3 is 10.4 Å². The van der Waals surface area contributed by atoms with E-state index in [0.29, 0.717) is 0 Å². The van der Waals surface area contributed by atoms with E-state index in [1.807, 2.05) is 0 Å². The molecule has 0 aliphatic carbocycles. The molecule has 1 saturated heterocycles. The molecule has 1 heterocycles. The van der Waals surface area contributed by atoms with E-state index in [0.717, 1.165) is 0 Å².